The second-order valence-corrected chi connectivity index (χ2v) is 25.1. The van der Waals surface area contributed by atoms with Crippen molar-refractivity contribution in [2.75, 3.05) is 4.90 Å². The van der Waals surface area contributed by atoms with E-state index in [1.54, 1.807) is 0 Å². The van der Waals surface area contributed by atoms with E-state index in [0.717, 1.165) is 22.6 Å². The van der Waals surface area contributed by atoms with Gasteiger partial charge in [0, 0.05) is 36.6 Å². The molecule has 1 nitrogen and oxygen atoms in total. The first-order valence-electron chi connectivity index (χ1n) is 29.1. The van der Waals surface area contributed by atoms with Crippen LogP contribution >= 0.6 is 23.5 Å². The van der Waals surface area contributed by atoms with Gasteiger partial charge >= 0.3 is 0 Å². The van der Waals surface area contributed by atoms with Gasteiger partial charge in [-0.05, 0) is 178 Å². The number of fused-ring (bicyclic) bond motifs is 21. The van der Waals surface area contributed by atoms with Crippen molar-refractivity contribution in [3.05, 3.63) is 376 Å². The minimum atomic E-state index is -0.539. The molecule has 0 atom stereocenters. The molecule has 2 aliphatic heterocycles. The van der Waals surface area contributed by atoms with E-state index in [4.69, 9.17) is 0 Å². The molecule has 0 saturated heterocycles. The molecule has 3 heteroatoms. The predicted molar refractivity (Wildman–Crippen MR) is 347 cm³/mol. The zero-order chi connectivity index (χ0) is 55.1. The Morgan fingerprint density at radius 2 is 0.560 bits per heavy atom. The van der Waals surface area contributed by atoms with Crippen LogP contribution in [0.4, 0.5) is 17.1 Å². The summed E-state index contributed by atoms with van der Waals surface area (Å²) >= 11 is 3.78. The Balaban J connectivity index is 0.879. The summed E-state index contributed by atoms with van der Waals surface area (Å²) in [5.74, 6) is 0. The third kappa shape index (κ3) is 6.38. The van der Waals surface area contributed by atoms with Crippen molar-refractivity contribution >= 4 is 40.6 Å². The standard InChI is InChI=1S/C81H51NS2/c1-3-23-54(24-4-1)79(55-25-5-2-6-26-55)65-31-10-7-28-59(65)62-45-42-53(49-73(62)79)52-22-21-27-56(48-52)82(57-44-47-68-64(50-57)61-30-9-12-33-67(61)80(68)69-34-13-17-38-75(69)83-76-39-18-14-35-70(76)80)58-43-46-63-60-29-8-11-32-66(60)81(74(63)51-58)71-36-15-19-40-77(71)84-78-41-20-16-37-72(78)81/h1-51H. The summed E-state index contributed by atoms with van der Waals surface area (Å²) in [4.78, 5) is 7.75. The van der Waals surface area contributed by atoms with Gasteiger partial charge in [0.25, 0.3) is 0 Å². The Bertz CT molecular complexity index is 4750. The molecular formula is C81H51NS2. The fraction of sp³-hybridized carbons (Fsp3) is 0.0370. The van der Waals surface area contributed by atoms with Crippen LogP contribution in [0, 0.1) is 0 Å². The quantitative estimate of drug-likeness (QED) is 0.163. The zero-order valence-corrected chi connectivity index (χ0v) is 47.3. The van der Waals surface area contributed by atoms with E-state index in [1.807, 2.05) is 23.5 Å². The highest BCUT2D eigenvalue weighted by Gasteiger charge is 2.53. The summed E-state index contributed by atoms with van der Waals surface area (Å²) < 4.78 is 0. The maximum Gasteiger partial charge on any atom is 0.0736 e. The normalized spacial score (nSPS) is 14.9. The van der Waals surface area contributed by atoms with E-state index >= 15 is 0 Å². The second kappa shape index (κ2) is 18.2. The van der Waals surface area contributed by atoms with Crippen molar-refractivity contribution < 1.29 is 0 Å². The van der Waals surface area contributed by atoms with Gasteiger partial charge in [0.1, 0.15) is 0 Å². The third-order valence-electron chi connectivity index (χ3n) is 19.1. The van der Waals surface area contributed by atoms with Crippen molar-refractivity contribution in [3.8, 4) is 44.5 Å². The summed E-state index contributed by atoms with van der Waals surface area (Å²) in [5, 5.41) is 0. The van der Waals surface area contributed by atoms with Gasteiger partial charge in [-0.25, -0.2) is 0 Å². The monoisotopic (exact) mass is 1100 g/mol. The lowest BCUT2D eigenvalue weighted by Gasteiger charge is -2.40. The zero-order valence-electron chi connectivity index (χ0n) is 45.7. The molecule has 0 aromatic heterocycles. The van der Waals surface area contributed by atoms with Gasteiger partial charge in [0.05, 0.1) is 16.2 Å². The van der Waals surface area contributed by atoms with Crippen molar-refractivity contribution in [2.24, 2.45) is 0 Å². The summed E-state index contributed by atoms with van der Waals surface area (Å²) in [5.41, 5.74) is 27.5. The van der Waals surface area contributed by atoms with Crippen LogP contribution in [0.3, 0.4) is 0 Å². The van der Waals surface area contributed by atoms with Crippen molar-refractivity contribution in [2.45, 2.75) is 35.8 Å². The molecule has 13 aromatic carbocycles. The highest BCUT2D eigenvalue weighted by molar-refractivity contribution is 7.99. The molecule has 84 heavy (non-hydrogen) atoms. The van der Waals surface area contributed by atoms with E-state index in [9.17, 15) is 0 Å². The van der Waals surface area contributed by atoms with Gasteiger partial charge in [-0.2, -0.15) is 0 Å². The van der Waals surface area contributed by atoms with Crippen LogP contribution in [-0.4, -0.2) is 0 Å². The Hall–Kier alpha value is -9.64. The Morgan fingerprint density at radius 1 is 0.202 bits per heavy atom. The van der Waals surface area contributed by atoms with Crippen LogP contribution in [0.25, 0.3) is 44.5 Å². The molecule has 3 aliphatic carbocycles. The highest BCUT2D eigenvalue weighted by Crippen LogP contribution is 2.65. The lowest BCUT2D eigenvalue weighted by atomic mass is 9.67. The largest absolute Gasteiger partial charge is 0.310 e. The first-order valence-corrected chi connectivity index (χ1v) is 30.8. The Morgan fingerprint density at radius 3 is 1.10 bits per heavy atom. The maximum atomic E-state index is 2.55. The smallest absolute Gasteiger partial charge is 0.0736 e. The van der Waals surface area contributed by atoms with E-state index < -0.39 is 16.2 Å². The number of nitrogens with zero attached hydrogens (tertiary/aromatic N) is 1. The van der Waals surface area contributed by atoms with Crippen LogP contribution in [0.15, 0.2) is 329 Å². The molecule has 2 heterocycles. The lowest BCUT2D eigenvalue weighted by molar-refractivity contribution is 0.722. The molecule has 0 unspecified atom stereocenters. The first kappa shape index (κ1) is 47.9. The molecule has 0 bridgehead atoms. The maximum absolute atomic E-state index is 2.55. The molecular weight excluding hydrogens is 1050 g/mol. The minimum Gasteiger partial charge on any atom is -0.310 e. The average Bonchev–Trinajstić information content (AvgIpc) is 2.53. The molecule has 0 radical (unpaired) electrons. The number of rotatable bonds is 6. The third-order valence-corrected chi connectivity index (χ3v) is 21.4. The molecule has 13 aromatic rings. The molecule has 0 fully saturated rings. The van der Waals surface area contributed by atoms with E-state index in [1.165, 1.54) is 125 Å². The number of anilines is 3. The SMILES string of the molecule is c1ccc(C2(c3ccccc3)c3ccccc3-c3ccc(-c4cccc(N(c5ccc6c(c5)-c5ccccc5C65c6ccccc6Sc6ccccc65)c5ccc6c(c5)C5(c7ccccc7Sc7ccccc75)c5ccccc5-6)c4)cc32)cc1. The van der Waals surface area contributed by atoms with Crippen molar-refractivity contribution in [1.82, 2.24) is 0 Å². The minimum absolute atomic E-state index is 0.485. The van der Waals surface area contributed by atoms with Gasteiger partial charge in [-0.15, -0.1) is 0 Å². The summed E-state index contributed by atoms with van der Waals surface area (Å²) in [6.45, 7) is 0. The van der Waals surface area contributed by atoms with Crippen LogP contribution in [0.1, 0.15) is 66.8 Å². The van der Waals surface area contributed by atoms with Crippen LogP contribution < -0.4 is 4.90 Å². The average molecular weight is 1100 g/mol. The molecule has 0 amide bonds. The predicted octanol–water partition coefficient (Wildman–Crippen LogP) is 20.8. The highest BCUT2D eigenvalue weighted by atomic mass is 32.2. The van der Waals surface area contributed by atoms with Gasteiger partial charge in [-0.3, -0.25) is 0 Å². The fourth-order valence-electron chi connectivity index (χ4n) is 15.9. The van der Waals surface area contributed by atoms with E-state index in [-0.39, 0.29) is 0 Å². The Labute approximate surface area is 498 Å². The number of hydrogen-bond donors (Lipinski definition) is 0. The number of benzene rings is 13. The lowest BCUT2D eigenvalue weighted by Crippen LogP contribution is -2.32. The summed E-state index contributed by atoms with van der Waals surface area (Å²) in [7, 11) is 0. The second-order valence-electron chi connectivity index (χ2n) is 22.9. The molecule has 2 spiro atoms. The Kier molecular flexibility index (Phi) is 10.4. The fourth-order valence-corrected chi connectivity index (χ4v) is 18.2. The van der Waals surface area contributed by atoms with Crippen LogP contribution in [-0.2, 0) is 16.2 Å². The van der Waals surface area contributed by atoms with Crippen LogP contribution in [0.5, 0.6) is 0 Å². The van der Waals surface area contributed by atoms with E-state index in [0.29, 0.717) is 0 Å². The molecule has 18 rings (SSSR count). The first-order chi connectivity index (χ1) is 41.6. The molecule has 0 N–H and O–H groups in total. The molecule has 0 saturated carbocycles. The van der Waals surface area contributed by atoms with Crippen molar-refractivity contribution in [1.29, 1.82) is 0 Å². The van der Waals surface area contributed by atoms with Gasteiger partial charge in [0.15, 0.2) is 0 Å². The van der Waals surface area contributed by atoms with E-state index in [2.05, 4.69) is 314 Å². The summed E-state index contributed by atoms with van der Waals surface area (Å²) in [6, 6.07) is 117. The number of hydrogen-bond acceptors (Lipinski definition) is 3. The van der Waals surface area contributed by atoms with Crippen LogP contribution in [0.2, 0.25) is 0 Å². The van der Waals surface area contributed by atoms with Gasteiger partial charge in [-0.1, -0.05) is 266 Å². The molecule has 5 aliphatic rings. The van der Waals surface area contributed by atoms with Crippen molar-refractivity contribution in [3.63, 3.8) is 0 Å². The molecule has 392 valence electrons. The topological polar surface area (TPSA) is 3.24 Å². The van der Waals surface area contributed by atoms with Gasteiger partial charge in [0.2, 0.25) is 0 Å². The summed E-state index contributed by atoms with van der Waals surface area (Å²) in [6.07, 6.45) is 0. The van der Waals surface area contributed by atoms with Gasteiger partial charge < -0.3 is 4.90 Å².